The molecule has 0 aromatic heterocycles. The highest BCUT2D eigenvalue weighted by Crippen LogP contribution is 2.18. The van der Waals surface area contributed by atoms with Gasteiger partial charge in [0, 0.05) is 5.56 Å². The van der Waals surface area contributed by atoms with Crippen LogP contribution in [0.4, 0.5) is 4.39 Å². The minimum atomic E-state index is -1.45. The third kappa shape index (κ3) is 2.96. The van der Waals surface area contributed by atoms with E-state index in [1.54, 1.807) is 0 Å². The molecule has 0 bridgehead atoms. The van der Waals surface area contributed by atoms with E-state index in [1.165, 1.54) is 25.1 Å². The number of carbonyl (C=O) groups excluding carboxylic acids is 3. The first kappa shape index (κ1) is 13.0. The molecule has 0 aliphatic heterocycles. The molecule has 0 saturated heterocycles. The van der Waals surface area contributed by atoms with Gasteiger partial charge in [0.15, 0.2) is 0 Å². The van der Waals surface area contributed by atoms with E-state index in [0.29, 0.717) is 0 Å². The third-order valence-electron chi connectivity index (χ3n) is 2.14. The van der Waals surface area contributed by atoms with Gasteiger partial charge in [-0.25, -0.2) is 9.18 Å². The summed E-state index contributed by atoms with van der Waals surface area (Å²) < 4.78 is 17.9. The molecule has 0 spiro atoms. The number of hydrogen-bond acceptors (Lipinski definition) is 4. The van der Waals surface area contributed by atoms with Crippen LogP contribution in [-0.2, 0) is 19.1 Å². The second kappa shape index (κ2) is 5.89. The van der Waals surface area contributed by atoms with Gasteiger partial charge in [-0.2, -0.15) is 0 Å². The summed E-state index contributed by atoms with van der Waals surface area (Å²) in [5, 5.41) is 0. The van der Waals surface area contributed by atoms with Crippen LogP contribution in [0.15, 0.2) is 24.3 Å². The zero-order chi connectivity index (χ0) is 12.8. The van der Waals surface area contributed by atoms with Crippen LogP contribution < -0.4 is 0 Å². The van der Waals surface area contributed by atoms with Gasteiger partial charge in [0.1, 0.15) is 18.0 Å². The van der Waals surface area contributed by atoms with E-state index in [9.17, 15) is 18.8 Å². The highest BCUT2D eigenvalue weighted by Gasteiger charge is 2.29. The molecule has 0 N–H and O–H groups in total. The number of rotatable bonds is 5. The van der Waals surface area contributed by atoms with Crippen molar-refractivity contribution in [1.29, 1.82) is 0 Å². The first-order chi connectivity index (χ1) is 8.11. The van der Waals surface area contributed by atoms with Gasteiger partial charge >= 0.3 is 5.97 Å². The smallest absolute Gasteiger partial charge is 0.375 e. The number of esters is 1. The van der Waals surface area contributed by atoms with Gasteiger partial charge in [0.05, 0.1) is 6.61 Å². The van der Waals surface area contributed by atoms with E-state index in [0.717, 1.165) is 6.07 Å². The Kier molecular flexibility index (Phi) is 4.51. The Hall–Kier alpha value is -2.04. The molecule has 90 valence electrons. The molecule has 0 heterocycles. The lowest BCUT2D eigenvalue weighted by molar-refractivity contribution is -0.154. The van der Waals surface area contributed by atoms with Gasteiger partial charge in [0.25, 0.3) is 5.78 Å². The Balaban J connectivity index is 3.00. The van der Waals surface area contributed by atoms with E-state index in [1.807, 2.05) is 0 Å². The highest BCUT2D eigenvalue weighted by molar-refractivity contribution is 6.38. The van der Waals surface area contributed by atoms with Gasteiger partial charge in [-0.05, 0) is 13.0 Å². The van der Waals surface area contributed by atoms with E-state index in [2.05, 4.69) is 4.74 Å². The number of carbonyl (C=O) groups is 3. The fourth-order valence-corrected chi connectivity index (χ4v) is 1.33. The van der Waals surface area contributed by atoms with E-state index in [4.69, 9.17) is 0 Å². The van der Waals surface area contributed by atoms with Crippen LogP contribution in [-0.4, -0.2) is 24.6 Å². The summed E-state index contributed by atoms with van der Waals surface area (Å²) in [7, 11) is 0. The van der Waals surface area contributed by atoms with Crippen LogP contribution in [0, 0.1) is 5.82 Å². The molecule has 0 saturated carbocycles. The summed E-state index contributed by atoms with van der Waals surface area (Å²) in [4.78, 5) is 33.5. The second-order valence-corrected chi connectivity index (χ2v) is 3.22. The molecule has 1 rings (SSSR count). The van der Waals surface area contributed by atoms with Gasteiger partial charge in [-0.3, -0.25) is 4.79 Å². The second-order valence-electron chi connectivity index (χ2n) is 3.22. The largest absolute Gasteiger partial charge is 0.460 e. The van der Waals surface area contributed by atoms with Gasteiger partial charge in [0.2, 0.25) is 0 Å². The minimum absolute atomic E-state index is 0.0213. The average Bonchev–Trinajstić information content (AvgIpc) is 2.32. The van der Waals surface area contributed by atoms with Crippen LogP contribution >= 0.6 is 0 Å². The summed E-state index contributed by atoms with van der Waals surface area (Å²) in [6, 6.07) is 5.30. The quantitative estimate of drug-likeness (QED) is 0.335. The number of benzene rings is 1. The first-order valence-electron chi connectivity index (χ1n) is 5.02. The molecule has 1 aromatic rings. The van der Waals surface area contributed by atoms with Gasteiger partial charge < -0.3 is 9.53 Å². The van der Waals surface area contributed by atoms with Crippen molar-refractivity contribution in [2.24, 2.45) is 0 Å². The van der Waals surface area contributed by atoms with Crippen LogP contribution in [0.3, 0.4) is 0 Å². The first-order valence-corrected chi connectivity index (χ1v) is 5.02. The van der Waals surface area contributed by atoms with Crippen molar-refractivity contribution >= 4 is 18.0 Å². The SMILES string of the molecule is CCOC(=O)C(=O)C(C=O)c1ccccc1F. The van der Waals surface area contributed by atoms with Crippen LogP contribution in [0.5, 0.6) is 0 Å². The van der Waals surface area contributed by atoms with Crippen molar-refractivity contribution in [3.05, 3.63) is 35.6 Å². The van der Waals surface area contributed by atoms with Crippen molar-refractivity contribution < 1.29 is 23.5 Å². The fraction of sp³-hybridized carbons (Fsp3) is 0.250. The minimum Gasteiger partial charge on any atom is -0.460 e. The number of halogens is 1. The Morgan fingerprint density at radius 3 is 2.59 bits per heavy atom. The topological polar surface area (TPSA) is 60.4 Å². The number of aldehydes is 1. The van der Waals surface area contributed by atoms with Crippen molar-refractivity contribution in [3.63, 3.8) is 0 Å². The van der Waals surface area contributed by atoms with Crippen molar-refractivity contribution in [2.45, 2.75) is 12.8 Å². The highest BCUT2D eigenvalue weighted by atomic mass is 19.1. The summed E-state index contributed by atoms with van der Waals surface area (Å²) in [5.74, 6) is -4.35. The van der Waals surface area contributed by atoms with Crippen molar-refractivity contribution in [2.75, 3.05) is 6.61 Å². The molecule has 1 unspecified atom stereocenters. The fourth-order valence-electron chi connectivity index (χ4n) is 1.33. The summed E-state index contributed by atoms with van der Waals surface area (Å²) in [6.07, 6.45) is 0.234. The van der Waals surface area contributed by atoms with E-state index >= 15 is 0 Å². The Morgan fingerprint density at radius 2 is 2.06 bits per heavy atom. The lowest BCUT2D eigenvalue weighted by Crippen LogP contribution is -2.26. The maximum absolute atomic E-state index is 13.4. The zero-order valence-corrected chi connectivity index (χ0v) is 9.18. The third-order valence-corrected chi connectivity index (χ3v) is 2.14. The van der Waals surface area contributed by atoms with Crippen molar-refractivity contribution in [1.82, 2.24) is 0 Å². The molecule has 1 aromatic carbocycles. The number of ether oxygens (including phenoxy) is 1. The van der Waals surface area contributed by atoms with Crippen LogP contribution in [0.1, 0.15) is 18.4 Å². The summed E-state index contributed by atoms with van der Waals surface area (Å²) in [5.41, 5.74) is -0.124. The zero-order valence-electron chi connectivity index (χ0n) is 9.18. The molecule has 0 fully saturated rings. The molecular weight excluding hydrogens is 227 g/mol. The van der Waals surface area contributed by atoms with E-state index in [-0.39, 0.29) is 18.5 Å². The lowest BCUT2D eigenvalue weighted by Gasteiger charge is -2.09. The van der Waals surface area contributed by atoms with E-state index < -0.39 is 23.5 Å². The Morgan fingerprint density at radius 1 is 1.41 bits per heavy atom. The predicted octanol–water partition coefficient (Wildman–Crippen LogP) is 1.24. The van der Waals surface area contributed by atoms with Crippen LogP contribution in [0.25, 0.3) is 0 Å². The molecule has 5 heteroatoms. The normalized spacial score (nSPS) is 11.6. The molecule has 0 aliphatic rings. The molecule has 1 atom stereocenters. The summed E-state index contributed by atoms with van der Waals surface area (Å²) >= 11 is 0. The molecule has 4 nitrogen and oxygen atoms in total. The standard InChI is InChI=1S/C12H11FO4/c1-2-17-12(16)11(15)9(7-14)8-5-3-4-6-10(8)13/h3-7,9H,2H2,1H3. The maximum atomic E-state index is 13.4. The van der Waals surface area contributed by atoms with Crippen LogP contribution in [0.2, 0.25) is 0 Å². The van der Waals surface area contributed by atoms with Gasteiger partial charge in [-0.1, -0.05) is 18.2 Å². The number of ketones is 1. The Labute approximate surface area is 97.4 Å². The molecule has 0 radical (unpaired) electrons. The predicted molar refractivity (Wildman–Crippen MR) is 56.8 cm³/mol. The number of Topliss-reactive ketones (excluding diaryl/α,β-unsaturated/α-hetero) is 1. The lowest BCUT2D eigenvalue weighted by atomic mass is 9.95. The number of hydrogen-bond donors (Lipinski definition) is 0. The van der Waals surface area contributed by atoms with Crippen molar-refractivity contribution in [3.8, 4) is 0 Å². The molecule has 17 heavy (non-hydrogen) atoms. The van der Waals surface area contributed by atoms with Gasteiger partial charge in [-0.15, -0.1) is 0 Å². The Bertz CT molecular complexity index is 442. The molecule has 0 amide bonds. The maximum Gasteiger partial charge on any atom is 0.375 e. The average molecular weight is 238 g/mol. The summed E-state index contributed by atoms with van der Waals surface area (Å²) in [6.45, 7) is 1.55. The monoisotopic (exact) mass is 238 g/mol. The molecular formula is C12H11FO4. The molecule has 0 aliphatic carbocycles.